The largest absolute Gasteiger partial charge is 0.489 e. The Kier molecular flexibility index (Phi) is 5.62. The van der Waals surface area contributed by atoms with Crippen LogP contribution in [0.1, 0.15) is 11.1 Å². The van der Waals surface area contributed by atoms with Crippen LogP contribution >= 0.6 is 0 Å². The maximum Gasteiger partial charge on any atom is 0.125 e. The number of hydrogen-bond acceptors (Lipinski definition) is 2. The Morgan fingerprint density at radius 1 is 0.950 bits per heavy atom. The number of hydrogen-bond donors (Lipinski definition) is 1. The van der Waals surface area contributed by atoms with Gasteiger partial charge in [-0.15, -0.1) is 0 Å². The van der Waals surface area contributed by atoms with E-state index in [1.807, 2.05) is 72.8 Å². The van der Waals surface area contributed by atoms with Gasteiger partial charge in [-0.3, -0.25) is 0 Å². The van der Waals surface area contributed by atoms with Gasteiger partial charge in [-0.05, 0) is 17.7 Å². The molecule has 20 heavy (non-hydrogen) atoms. The van der Waals surface area contributed by atoms with Gasteiger partial charge in [0.05, 0.1) is 6.61 Å². The Morgan fingerprint density at radius 2 is 1.60 bits per heavy atom. The molecule has 2 heteroatoms. The Hall–Kier alpha value is -2.32. The van der Waals surface area contributed by atoms with Crippen molar-refractivity contribution >= 4 is 11.8 Å². The summed E-state index contributed by atoms with van der Waals surface area (Å²) in [6.45, 7) is 0.433. The fourth-order valence-corrected chi connectivity index (χ4v) is 1.83. The Bertz CT molecular complexity index is 556. The minimum Gasteiger partial charge on any atom is -0.489 e. The first kappa shape index (κ1) is 14.1. The average Bonchev–Trinajstić information content (AvgIpc) is 2.52. The fraction of sp³-hybridized carbons (Fsp3) is 0.111. The zero-order valence-electron chi connectivity index (χ0n) is 11.3. The lowest BCUT2D eigenvalue weighted by Gasteiger charge is -2.08. The molecule has 0 aromatic heterocycles. The average molecular weight is 266 g/mol. The second-order valence-electron chi connectivity index (χ2n) is 4.24. The molecule has 0 aliphatic heterocycles. The van der Waals surface area contributed by atoms with E-state index in [9.17, 15) is 0 Å². The fourth-order valence-electron chi connectivity index (χ4n) is 1.83. The molecule has 0 unspecified atom stereocenters. The van der Waals surface area contributed by atoms with Crippen molar-refractivity contribution in [1.82, 2.24) is 0 Å². The van der Waals surface area contributed by atoms with E-state index < -0.39 is 0 Å². The SMILES string of the molecule is OCC=C(OC/C=C/c1ccccc1)c1ccccc1. The number of aliphatic hydroxyl groups is 1. The molecule has 0 bridgehead atoms. The van der Waals surface area contributed by atoms with E-state index in [-0.39, 0.29) is 6.61 Å². The first-order valence-corrected chi connectivity index (χ1v) is 6.61. The molecule has 0 spiro atoms. The van der Waals surface area contributed by atoms with E-state index in [0.717, 1.165) is 11.1 Å². The summed E-state index contributed by atoms with van der Waals surface area (Å²) in [4.78, 5) is 0. The second-order valence-corrected chi connectivity index (χ2v) is 4.24. The van der Waals surface area contributed by atoms with Crippen LogP contribution in [-0.2, 0) is 4.74 Å². The summed E-state index contributed by atoms with van der Waals surface area (Å²) in [7, 11) is 0. The van der Waals surface area contributed by atoms with Gasteiger partial charge < -0.3 is 9.84 Å². The van der Waals surface area contributed by atoms with Crippen LogP contribution in [0.15, 0.2) is 72.8 Å². The highest BCUT2D eigenvalue weighted by Crippen LogP contribution is 2.15. The summed E-state index contributed by atoms with van der Waals surface area (Å²) < 4.78 is 5.70. The summed E-state index contributed by atoms with van der Waals surface area (Å²) in [5.41, 5.74) is 2.11. The molecule has 2 nitrogen and oxygen atoms in total. The standard InChI is InChI=1S/C18H18O2/c19-14-13-18(17-11-5-2-6-12-17)20-15-7-10-16-8-3-1-4-9-16/h1-13,19H,14-15H2/b10-7+,18-13?. The van der Waals surface area contributed by atoms with Gasteiger partial charge in [0.15, 0.2) is 0 Å². The van der Waals surface area contributed by atoms with Crippen molar-refractivity contribution in [3.05, 3.63) is 83.9 Å². The highest BCUT2D eigenvalue weighted by atomic mass is 16.5. The molecule has 2 aromatic carbocycles. The first-order valence-electron chi connectivity index (χ1n) is 6.61. The van der Waals surface area contributed by atoms with Crippen molar-refractivity contribution in [3.63, 3.8) is 0 Å². The van der Waals surface area contributed by atoms with Crippen molar-refractivity contribution < 1.29 is 9.84 Å². The monoisotopic (exact) mass is 266 g/mol. The second kappa shape index (κ2) is 7.97. The molecule has 0 aliphatic rings. The van der Waals surface area contributed by atoms with Crippen molar-refractivity contribution in [3.8, 4) is 0 Å². The van der Waals surface area contributed by atoms with Crippen molar-refractivity contribution in [2.24, 2.45) is 0 Å². The lowest BCUT2D eigenvalue weighted by Crippen LogP contribution is -1.94. The third-order valence-electron chi connectivity index (χ3n) is 2.78. The molecule has 0 fully saturated rings. The smallest absolute Gasteiger partial charge is 0.125 e. The van der Waals surface area contributed by atoms with Crippen molar-refractivity contribution in [1.29, 1.82) is 0 Å². The van der Waals surface area contributed by atoms with E-state index in [1.165, 1.54) is 0 Å². The lowest BCUT2D eigenvalue weighted by molar-refractivity contribution is 0.306. The molecule has 0 saturated heterocycles. The van der Waals surface area contributed by atoms with Crippen LogP contribution in [-0.4, -0.2) is 18.3 Å². The third kappa shape index (κ3) is 4.41. The van der Waals surface area contributed by atoms with E-state index in [0.29, 0.717) is 12.4 Å². The Labute approximate surface area is 119 Å². The summed E-state index contributed by atoms with van der Waals surface area (Å²) in [6, 6.07) is 19.8. The topological polar surface area (TPSA) is 29.5 Å². The Morgan fingerprint density at radius 3 is 2.25 bits per heavy atom. The van der Waals surface area contributed by atoms with E-state index >= 15 is 0 Å². The van der Waals surface area contributed by atoms with Crippen molar-refractivity contribution in [2.45, 2.75) is 0 Å². The lowest BCUT2D eigenvalue weighted by atomic mass is 10.2. The van der Waals surface area contributed by atoms with Gasteiger partial charge in [0.25, 0.3) is 0 Å². The van der Waals surface area contributed by atoms with Gasteiger partial charge in [0.2, 0.25) is 0 Å². The molecule has 0 aliphatic carbocycles. The highest BCUT2D eigenvalue weighted by molar-refractivity contribution is 5.60. The molecule has 0 amide bonds. The van der Waals surface area contributed by atoms with Crippen LogP contribution < -0.4 is 0 Å². The van der Waals surface area contributed by atoms with E-state index in [2.05, 4.69) is 0 Å². The van der Waals surface area contributed by atoms with Crippen LogP contribution in [0.3, 0.4) is 0 Å². The molecule has 0 saturated carbocycles. The minimum absolute atomic E-state index is 0.0351. The molecular weight excluding hydrogens is 248 g/mol. The number of aliphatic hydroxyl groups excluding tert-OH is 1. The normalized spacial score (nSPS) is 11.8. The third-order valence-corrected chi connectivity index (χ3v) is 2.78. The first-order chi connectivity index (χ1) is 9.90. The molecule has 0 atom stereocenters. The number of benzene rings is 2. The maximum absolute atomic E-state index is 9.06. The Balaban J connectivity index is 1.94. The molecule has 102 valence electrons. The summed E-state index contributed by atoms with van der Waals surface area (Å²) in [5.74, 6) is 0.700. The summed E-state index contributed by atoms with van der Waals surface area (Å²) in [6.07, 6.45) is 5.65. The summed E-state index contributed by atoms with van der Waals surface area (Å²) >= 11 is 0. The molecule has 0 heterocycles. The zero-order chi connectivity index (χ0) is 14.0. The van der Waals surface area contributed by atoms with Crippen molar-refractivity contribution in [2.75, 3.05) is 13.2 Å². The van der Waals surface area contributed by atoms with Crippen LogP contribution in [0, 0.1) is 0 Å². The molecule has 1 N–H and O–H groups in total. The molecule has 0 radical (unpaired) electrons. The van der Waals surface area contributed by atoms with Gasteiger partial charge in [-0.2, -0.15) is 0 Å². The highest BCUT2D eigenvalue weighted by Gasteiger charge is 2.00. The predicted octanol–water partition coefficient (Wildman–Crippen LogP) is 3.75. The maximum atomic E-state index is 9.06. The van der Waals surface area contributed by atoms with Gasteiger partial charge in [0.1, 0.15) is 12.4 Å². The molecule has 2 rings (SSSR count). The van der Waals surface area contributed by atoms with Gasteiger partial charge in [-0.25, -0.2) is 0 Å². The van der Waals surface area contributed by atoms with Crippen LogP contribution in [0.2, 0.25) is 0 Å². The predicted molar refractivity (Wildman–Crippen MR) is 82.9 cm³/mol. The minimum atomic E-state index is -0.0351. The van der Waals surface area contributed by atoms with Crippen LogP contribution in [0.5, 0.6) is 0 Å². The zero-order valence-corrected chi connectivity index (χ0v) is 11.3. The number of ether oxygens (including phenoxy) is 1. The van der Waals surface area contributed by atoms with E-state index in [4.69, 9.17) is 9.84 Å². The van der Waals surface area contributed by atoms with Gasteiger partial charge in [0, 0.05) is 5.56 Å². The van der Waals surface area contributed by atoms with Gasteiger partial charge in [-0.1, -0.05) is 66.7 Å². The molecule has 2 aromatic rings. The summed E-state index contributed by atoms with van der Waals surface area (Å²) in [5, 5.41) is 9.06. The van der Waals surface area contributed by atoms with Crippen LogP contribution in [0.4, 0.5) is 0 Å². The van der Waals surface area contributed by atoms with E-state index in [1.54, 1.807) is 6.08 Å². The van der Waals surface area contributed by atoms with Gasteiger partial charge >= 0.3 is 0 Å². The number of rotatable bonds is 6. The quantitative estimate of drug-likeness (QED) is 0.807. The van der Waals surface area contributed by atoms with Crippen LogP contribution in [0.25, 0.3) is 11.8 Å². The molecular formula is C18H18O2.